The molecule has 0 radical (unpaired) electrons. The van der Waals surface area contributed by atoms with Crippen LogP contribution in [0.5, 0.6) is 11.5 Å². The molecule has 0 aliphatic carbocycles. The van der Waals surface area contributed by atoms with Crippen molar-refractivity contribution in [2.75, 3.05) is 26.3 Å². The number of imidazole rings is 1. The van der Waals surface area contributed by atoms with Crippen LogP contribution in [-0.4, -0.2) is 75.2 Å². The topological polar surface area (TPSA) is 97.1 Å². The number of carbonyl (C=O) groups is 2. The molecule has 0 bridgehead atoms. The summed E-state index contributed by atoms with van der Waals surface area (Å²) in [6, 6.07) is 6.40. The molecular formula is C23H32N4O5. The minimum atomic E-state index is -0.250. The summed E-state index contributed by atoms with van der Waals surface area (Å²) in [6.07, 6.45) is 7.70. The molecule has 0 spiro atoms. The first-order valence-corrected chi connectivity index (χ1v) is 11.0. The zero-order valence-electron chi connectivity index (χ0n) is 18.7. The van der Waals surface area contributed by atoms with E-state index in [9.17, 15) is 4.79 Å². The normalized spacial score (nSPS) is 20.3. The van der Waals surface area contributed by atoms with Gasteiger partial charge in [-0.25, -0.2) is 4.98 Å². The molecule has 1 amide bonds. The molecule has 2 aromatic rings. The van der Waals surface area contributed by atoms with Gasteiger partial charge in [0.2, 0.25) is 5.91 Å². The number of ether oxygens (including phenoxy) is 2. The van der Waals surface area contributed by atoms with E-state index < -0.39 is 0 Å². The van der Waals surface area contributed by atoms with Gasteiger partial charge in [-0.3, -0.25) is 14.5 Å². The van der Waals surface area contributed by atoms with Crippen LogP contribution in [-0.2, 0) is 22.7 Å². The fourth-order valence-corrected chi connectivity index (χ4v) is 4.30. The van der Waals surface area contributed by atoms with Crippen molar-refractivity contribution in [3.05, 3.63) is 42.5 Å². The summed E-state index contributed by atoms with van der Waals surface area (Å²) in [5, 5.41) is 6.89. The molecular weight excluding hydrogens is 412 g/mol. The van der Waals surface area contributed by atoms with Gasteiger partial charge in [0.25, 0.3) is 6.47 Å². The Bertz CT molecular complexity index is 873. The van der Waals surface area contributed by atoms with E-state index in [0.29, 0.717) is 19.3 Å². The molecule has 9 nitrogen and oxygen atoms in total. The standard InChI is InChI=1S/C22H30N4O3.CH2O2/c1-3-28-21-13-18(6-7-20(21)29-12-11-24-10-8-23-16-24)14-25-15-19-5-4-9-26(19)22(27)17(25)2;2-1-3/h6-8,10,13,16-17,19H,3-5,9,11-12,14-15H2,1-2H3;1H,(H,2,3)/t17-,19-;/m0./s1. The summed E-state index contributed by atoms with van der Waals surface area (Å²) < 4.78 is 13.8. The van der Waals surface area contributed by atoms with Crippen molar-refractivity contribution in [3.8, 4) is 11.5 Å². The van der Waals surface area contributed by atoms with Crippen molar-refractivity contribution in [2.45, 2.75) is 51.9 Å². The highest BCUT2D eigenvalue weighted by atomic mass is 16.5. The lowest BCUT2D eigenvalue weighted by Gasteiger charge is -2.41. The number of carboxylic acid groups (broad SMARTS) is 1. The van der Waals surface area contributed by atoms with Crippen LogP contribution in [0.1, 0.15) is 32.3 Å². The molecule has 174 valence electrons. The van der Waals surface area contributed by atoms with Crippen molar-refractivity contribution in [2.24, 2.45) is 0 Å². The van der Waals surface area contributed by atoms with Crippen molar-refractivity contribution < 1.29 is 24.2 Å². The summed E-state index contributed by atoms with van der Waals surface area (Å²) in [4.78, 5) is 29.4. The Balaban J connectivity index is 0.000000913. The minimum absolute atomic E-state index is 0.0778. The summed E-state index contributed by atoms with van der Waals surface area (Å²) in [7, 11) is 0. The second-order valence-corrected chi connectivity index (χ2v) is 7.90. The first-order valence-electron chi connectivity index (χ1n) is 11.0. The summed E-state index contributed by atoms with van der Waals surface area (Å²) in [5.74, 6) is 1.78. The number of rotatable bonds is 8. The SMILES string of the molecule is CCOc1cc(CN2C[C@@H]3CCCN3C(=O)[C@@H]2C)ccc1OCCn1ccnc1.O=CO. The molecule has 1 aromatic heterocycles. The van der Waals surface area contributed by atoms with Gasteiger partial charge in [0.05, 0.1) is 25.5 Å². The second kappa shape index (κ2) is 11.5. The van der Waals surface area contributed by atoms with E-state index in [2.05, 4.69) is 20.9 Å². The Labute approximate surface area is 188 Å². The van der Waals surface area contributed by atoms with Gasteiger partial charge < -0.3 is 24.0 Å². The number of carbonyl (C=O) groups excluding carboxylic acids is 1. The zero-order chi connectivity index (χ0) is 22.9. The quantitative estimate of drug-likeness (QED) is 0.624. The van der Waals surface area contributed by atoms with Gasteiger partial charge in [0, 0.05) is 38.1 Å². The number of nitrogens with zero attached hydrogens (tertiary/aromatic N) is 4. The van der Waals surface area contributed by atoms with Crippen LogP contribution in [0.3, 0.4) is 0 Å². The van der Waals surface area contributed by atoms with Gasteiger partial charge in [0.15, 0.2) is 11.5 Å². The predicted octanol–water partition coefficient (Wildman–Crippen LogP) is 2.26. The lowest BCUT2D eigenvalue weighted by atomic mass is 10.1. The monoisotopic (exact) mass is 444 g/mol. The molecule has 2 aliphatic heterocycles. The second-order valence-electron chi connectivity index (χ2n) is 7.90. The molecule has 3 heterocycles. The van der Waals surface area contributed by atoms with Crippen LogP contribution in [0.15, 0.2) is 36.9 Å². The lowest BCUT2D eigenvalue weighted by Crippen LogP contribution is -2.58. The Morgan fingerprint density at radius 3 is 2.81 bits per heavy atom. The van der Waals surface area contributed by atoms with E-state index >= 15 is 0 Å². The summed E-state index contributed by atoms with van der Waals surface area (Å²) in [6.45, 7) is 8.21. The fraction of sp³-hybridized carbons (Fsp3) is 0.522. The van der Waals surface area contributed by atoms with Crippen LogP contribution in [0.4, 0.5) is 0 Å². The van der Waals surface area contributed by atoms with Gasteiger partial charge in [-0.15, -0.1) is 0 Å². The van der Waals surface area contributed by atoms with Gasteiger partial charge in [-0.05, 0) is 44.4 Å². The maximum atomic E-state index is 12.7. The molecule has 2 aliphatic rings. The number of hydrogen-bond donors (Lipinski definition) is 1. The van der Waals surface area contributed by atoms with E-state index in [1.165, 1.54) is 0 Å². The van der Waals surface area contributed by atoms with Crippen LogP contribution >= 0.6 is 0 Å². The van der Waals surface area contributed by atoms with Crippen molar-refractivity contribution in [1.82, 2.24) is 19.4 Å². The molecule has 32 heavy (non-hydrogen) atoms. The molecule has 1 aromatic carbocycles. The van der Waals surface area contributed by atoms with E-state index in [1.807, 2.05) is 36.7 Å². The Morgan fingerprint density at radius 2 is 2.09 bits per heavy atom. The minimum Gasteiger partial charge on any atom is -0.490 e. The van der Waals surface area contributed by atoms with Crippen molar-refractivity contribution in [3.63, 3.8) is 0 Å². The average Bonchev–Trinajstić information content (AvgIpc) is 3.46. The van der Waals surface area contributed by atoms with Gasteiger partial charge in [-0.1, -0.05) is 6.07 Å². The molecule has 2 fully saturated rings. The molecule has 2 saturated heterocycles. The maximum Gasteiger partial charge on any atom is 0.290 e. The first kappa shape index (κ1) is 23.6. The van der Waals surface area contributed by atoms with Gasteiger partial charge in [-0.2, -0.15) is 0 Å². The van der Waals surface area contributed by atoms with Crippen molar-refractivity contribution in [1.29, 1.82) is 0 Å². The van der Waals surface area contributed by atoms with E-state index in [0.717, 1.165) is 56.1 Å². The zero-order valence-corrected chi connectivity index (χ0v) is 18.7. The highest BCUT2D eigenvalue weighted by molar-refractivity contribution is 5.83. The summed E-state index contributed by atoms with van der Waals surface area (Å²) in [5.41, 5.74) is 1.14. The fourth-order valence-electron chi connectivity index (χ4n) is 4.30. The summed E-state index contributed by atoms with van der Waals surface area (Å²) >= 11 is 0. The maximum absolute atomic E-state index is 12.7. The molecule has 0 unspecified atom stereocenters. The highest BCUT2D eigenvalue weighted by Gasteiger charge is 2.40. The number of benzene rings is 1. The highest BCUT2D eigenvalue weighted by Crippen LogP contribution is 2.31. The van der Waals surface area contributed by atoms with Crippen LogP contribution in [0.25, 0.3) is 0 Å². The van der Waals surface area contributed by atoms with Crippen LogP contribution in [0.2, 0.25) is 0 Å². The molecule has 9 heteroatoms. The Kier molecular flexibility index (Phi) is 8.49. The molecule has 1 N–H and O–H groups in total. The van der Waals surface area contributed by atoms with Crippen LogP contribution < -0.4 is 9.47 Å². The third kappa shape index (κ3) is 5.79. The van der Waals surface area contributed by atoms with Crippen molar-refractivity contribution >= 4 is 12.4 Å². The third-order valence-corrected chi connectivity index (χ3v) is 5.87. The Hall–Kier alpha value is -3.07. The number of fused-ring (bicyclic) bond motifs is 1. The Morgan fingerprint density at radius 1 is 1.28 bits per heavy atom. The molecule has 0 saturated carbocycles. The largest absolute Gasteiger partial charge is 0.490 e. The molecule has 2 atom stereocenters. The number of piperazine rings is 1. The average molecular weight is 445 g/mol. The van der Waals surface area contributed by atoms with Gasteiger partial charge >= 0.3 is 0 Å². The van der Waals surface area contributed by atoms with Crippen LogP contribution in [0, 0.1) is 0 Å². The molecule has 4 rings (SSSR count). The van der Waals surface area contributed by atoms with E-state index in [-0.39, 0.29) is 18.4 Å². The predicted molar refractivity (Wildman–Crippen MR) is 119 cm³/mol. The number of amides is 1. The van der Waals surface area contributed by atoms with Gasteiger partial charge in [0.1, 0.15) is 6.61 Å². The third-order valence-electron chi connectivity index (χ3n) is 5.87. The van der Waals surface area contributed by atoms with E-state index in [1.54, 1.807) is 12.5 Å². The first-order chi connectivity index (χ1) is 15.6. The number of aromatic nitrogens is 2. The smallest absolute Gasteiger partial charge is 0.290 e. The number of hydrogen-bond acceptors (Lipinski definition) is 6. The van der Waals surface area contributed by atoms with E-state index in [4.69, 9.17) is 19.4 Å². The lowest BCUT2D eigenvalue weighted by molar-refractivity contribution is -0.143.